The van der Waals surface area contributed by atoms with E-state index < -0.39 is 18.1 Å². The number of carbonyl (C=O) groups is 2. The maximum Gasteiger partial charge on any atom is 0.276 e. The van der Waals surface area contributed by atoms with Gasteiger partial charge in [-0.25, -0.2) is 13.8 Å². The molecule has 0 aliphatic carbocycles. The van der Waals surface area contributed by atoms with Crippen LogP contribution in [-0.4, -0.2) is 50.7 Å². The van der Waals surface area contributed by atoms with Crippen molar-refractivity contribution in [3.05, 3.63) is 75.9 Å². The molecule has 0 unspecified atom stereocenters. The first-order chi connectivity index (χ1) is 16.7. The molecule has 3 heterocycles. The quantitative estimate of drug-likeness (QED) is 0.551. The number of alkyl halides is 1. The molecule has 180 valence electrons. The molecule has 1 aliphatic rings. The average molecular weight is 498 g/mol. The molecule has 1 saturated heterocycles. The molecule has 0 saturated carbocycles. The summed E-state index contributed by atoms with van der Waals surface area (Å²) in [7, 11) is 0. The first kappa shape index (κ1) is 24.4. The lowest BCUT2D eigenvalue weighted by Gasteiger charge is -2.34. The Morgan fingerprint density at radius 3 is 2.54 bits per heavy atom. The number of nitrogens with zero attached hydrogens (tertiary/aromatic N) is 4. The summed E-state index contributed by atoms with van der Waals surface area (Å²) in [5.41, 5.74) is 1.96. The number of halogens is 3. The zero-order valence-corrected chi connectivity index (χ0v) is 19.8. The standard InChI is InChI=1S/C25H22ClF2N5O2/c1-15-11-18(4-3-17-5-7-19(27)8-6-17)12-29-24(15)31-25(35)23-20(26)13-30-33(23)22-9-10-32(16(2)34)14-21(22)28/h5-8,11-13,21-22H,9-10,14H2,1-2H3,(H,29,31,35)/t21-,22+/m1/s1. The summed E-state index contributed by atoms with van der Waals surface area (Å²) in [6, 6.07) is 6.86. The SMILES string of the molecule is CC(=O)N1CC[C@H](n2ncc(Cl)c2C(=O)Nc2ncc(C#Cc3ccc(F)cc3)cc2C)[C@H](F)C1. The van der Waals surface area contributed by atoms with Gasteiger partial charge in [-0.2, -0.15) is 5.10 Å². The van der Waals surface area contributed by atoms with E-state index in [2.05, 4.69) is 27.2 Å². The molecule has 3 aromatic rings. The number of piperidine rings is 1. The number of aryl methyl sites for hydroxylation is 1. The Balaban J connectivity index is 1.50. The van der Waals surface area contributed by atoms with Crippen LogP contribution in [0.25, 0.3) is 0 Å². The highest BCUT2D eigenvalue weighted by molar-refractivity contribution is 6.34. The smallest absolute Gasteiger partial charge is 0.276 e. The molecule has 0 spiro atoms. The van der Waals surface area contributed by atoms with Gasteiger partial charge in [0, 0.05) is 30.8 Å². The Kier molecular flexibility index (Phi) is 7.12. The maximum absolute atomic E-state index is 14.9. The van der Waals surface area contributed by atoms with E-state index in [0.29, 0.717) is 35.5 Å². The highest BCUT2D eigenvalue weighted by Gasteiger charge is 2.35. The summed E-state index contributed by atoms with van der Waals surface area (Å²) in [5.74, 6) is 5.08. The third-order valence-electron chi connectivity index (χ3n) is 5.74. The van der Waals surface area contributed by atoms with Crippen LogP contribution in [0.5, 0.6) is 0 Å². The molecular weight excluding hydrogens is 476 g/mol. The Labute approximate surface area is 206 Å². The minimum Gasteiger partial charge on any atom is -0.340 e. The van der Waals surface area contributed by atoms with Gasteiger partial charge < -0.3 is 10.2 Å². The summed E-state index contributed by atoms with van der Waals surface area (Å²) in [5, 5.41) is 6.93. The lowest BCUT2D eigenvalue weighted by Crippen LogP contribution is -2.45. The molecule has 10 heteroatoms. The van der Waals surface area contributed by atoms with Crippen molar-refractivity contribution >= 4 is 29.2 Å². The van der Waals surface area contributed by atoms with E-state index in [9.17, 15) is 18.4 Å². The number of amides is 2. The van der Waals surface area contributed by atoms with E-state index in [0.717, 1.165) is 0 Å². The van der Waals surface area contributed by atoms with Gasteiger partial charge in [0.15, 0.2) is 0 Å². The van der Waals surface area contributed by atoms with E-state index >= 15 is 0 Å². The number of likely N-dealkylation sites (tertiary alicyclic amines) is 1. The number of aromatic nitrogens is 3. The van der Waals surface area contributed by atoms with Crippen LogP contribution >= 0.6 is 11.6 Å². The summed E-state index contributed by atoms with van der Waals surface area (Å²) in [4.78, 5) is 30.4. The molecule has 1 aliphatic heterocycles. The largest absolute Gasteiger partial charge is 0.340 e. The van der Waals surface area contributed by atoms with Gasteiger partial charge in [-0.05, 0) is 49.2 Å². The lowest BCUT2D eigenvalue weighted by molar-refractivity contribution is -0.131. The topological polar surface area (TPSA) is 80.1 Å². The molecule has 4 rings (SSSR count). The van der Waals surface area contributed by atoms with E-state index in [-0.39, 0.29) is 29.0 Å². The van der Waals surface area contributed by atoms with Gasteiger partial charge in [-0.1, -0.05) is 23.4 Å². The van der Waals surface area contributed by atoms with Gasteiger partial charge >= 0.3 is 0 Å². The van der Waals surface area contributed by atoms with Gasteiger partial charge in [0.2, 0.25) is 5.91 Å². The summed E-state index contributed by atoms with van der Waals surface area (Å²) in [6.45, 7) is 3.45. The van der Waals surface area contributed by atoms with Crippen molar-refractivity contribution in [2.45, 2.75) is 32.5 Å². The minimum absolute atomic E-state index is 0.0250. The molecule has 7 nitrogen and oxygen atoms in total. The van der Waals surface area contributed by atoms with Crippen LogP contribution in [0.15, 0.2) is 42.7 Å². The van der Waals surface area contributed by atoms with Crippen molar-refractivity contribution in [1.29, 1.82) is 0 Å². The number of rotatable bonds is 3. The average Bonchev–Trinajstić information content (AvgIpc) is 3.21. The number of carbonyl (C=O) groups excluding carboxylic acids is 2. The van der Waals surface area contributed by atoms with E-state index in [1.54, 1.807) is 25.1 Å². The van der Waals surface area contributed by atoms with Crippen molar-refractivity contribution in [3.63, 3.8) is 0 Å². The minimum atomic E-state index is -1.39. The van der Waals surface area contributed by atoms with Crippen LogP contribution in [0, 0.1) is 24.6 Å². The normalized spacial score (nSPS) is 17.5. The molecule has 35 heavy (non-hydrogen) atoms. The van der Waals surface area contributed by atoms with Gasteiger partial charge in [0.25, 0.3) is 5.91 Å². The van der Waals surface area contributed by atoms with Crippen LogP contribution in [-0.2, 0) is 4.79 Å². The van der Waals surface area contributed by atoms with Crippen molar-refractivity contribution < 1.29 is 18.4 Å². The van der Waals surface area contributed by atoms with Crippen LogP contribution in [0.4, 0.5) is 14.6 Å². The lowest BCUT2D eigenvalue weighted by atomic mass is 10.0. The number of hydrogen-bond donors (Lipinski definition) is 1. The first-order valence-electron chi connectivity index (χ1n) is 10.9. The van der Waals surface area contributed by atoms with Crippen molar-refractivity contribution in [3.8, 4) is 11.8 Å². The van der Waals surface area contributed by atoms with Crippen LogP contribution in [0.3, 0.4) is 0 Å². The zero-order valence-electron chi connectivity index (χ0n) is 19.1. The van der Waals surface area contributed by atoms with Crippen molar-refractivity contribution in [1.82, 2.24) is 19.7 Å². The predicted molar refractivity (Wildman–Crippen MR) is 127 cm³/mol. The third kappa shape index (κ3) is 5.49. The highest BCUT2D eigenvalue weighted by Crippen LogP contribution is 2.29. The van der Waals surface area contributed by atoms with Crippen LogP contribution in [0.1, 0.15) is 46.6 Å². The Hall–Kier alpha value is -3.77. The second-order valence-corrected chi connectivity index (χ2v) is 8.63. The Bertz CT molecular complexity index is 1330. The molecular formula is C25H22ClF2N5O2. The fourth-order valence-electron chi connectivity index (χ4n) is 3.88. The fourth-order valence-corrected chi connectivity index (χ4v) is 4.09. The van der Waals surface area contributed by atoms with Gasteiger partial charge in [0.1, 0.15) is 23.5 Å². The zero-order chi connectivity index (χ0) is 25.1. The van der Waals surface area contributed by atoms with E-state index in [1.165, 1.54) is 41.0 Å². The van der Waals surface area contributed by atoms with Crippen LogP contribution in [0.2, 0.25) is 5.02 Å². The summed E-state index contributed by atoms with van der Waals surface area (Å²) >= 11 is 6.23. The predicted octanol–water partition coefficient (Wildman–Crippen LogP) is 4.16. The van der Waals surface area contributed by atoms with E-state index in [4.69, 9.17) is 11.6 Å². The molecule has 1 aromatic carbocycles. The number of benzene rings is 1. The fraction of sp³-hybridized carbons (Fsp3) is 0.280. The number of anilines is 1. The molecule has 2 aromatic heterocycles. The summed E-state index contributed by atoms with van der Waals surface area (Å²) in [6.07, 6.45) is 1.72. The number of nitrogens with one attached hydrogen (secondary N) is 1. The second kappa shape index (κ2) is 10.2. The molecule has 0 radical (unpaired) electrons. The van der Waals surface area contributed by atoms with E-state index in [1.807, 2.05) is 0 Å². The second-order valence-electron chi connectivity index (χ2n) is 8.22. The number of pyridine rings is 1. The molecule has 2 atom stereocenters. The molecule has 1 fully saturated rings. The molecule has 2 amide bonds. The van der Waals surface area contributed by atoms with Crippen molar-refractivity contribution in [2.24, 2.45) is 0 Å². The highest BCUT2D eigenvalue weighted by atomic mass is 35.5. The first-order valence-corrected chi connectivity index (χ1v) is 11.3. The Morgan fingerprint density at radius 2 is 1.89 bits per heavy atom. The van der Waals surface area contributed by atoms with Crippen LogP contribution < -0.4 is 5.32 Å². The summed E-state index contributed by atoms with van der Waals surface area (Å²) < 4.78 is 29.2. The maximum atomic E-state index is 14.9. The number of hydrogen-bond acceptors (Lipinski definition) is 4. The van der Waals surface area contributed by atoms with Gasteiger partial charge in [0.05, 0.1) is 23.8 Å². The van der Waals surface area contributed by atoms with Gasteiger partial charge in [-0.3, -0.25) is 14.3 Å². The molecule has 0 bridgehead atoms. The van der Waals surface area contributed by atoms with Gasteiger partial charge in [-0.15, -0.1) is 0 Å². The molecule has 1 N–H and O–H groups in total. The monoisotopic (exact) mass is 497 g/mol. The van der Waals surface area contributed by atoms with Crippen molar-refractivity contribution in [2.75, 3.05) is 18.4 Å². The Morgan fingerprint density at radius 1 is 1.17 bits per heavy atom. The third-order valence-corrected chi connectivity index (χ3v) is 6.01.